The van der Waals surface area contributed by atoms with E-state index in [4.69, 9.17) is 37.9 Å². The molecule has 32 heavy (non-hydrogen) atoms. The first kappa shape index (κ1) is 31.2. The molecule has 0 radical (unpaired) electrons. The average Bonchev–Trinajstić information content (AvgIpc) is 2.73. The lowest BCUT2D eigenvalue weighted by Crippen LogP contribution is -2.27. The van der Waals surface area contributed by atoms with E-state index in [1.165, 1.54) is 12.8 Å². The molecule has 0 rings (SSSR count). The number of carbonyl (C=O) groups is 1. The molecule has 0 bridgehead atoms. The van der Waals surface area contributed by atoms with Crippen molar-refractivity contribution in [2.45, 2.75) is 52.6 Å². The Balaban J connectivity index is 3.10. The zero-order valence-corrected chi connectivity index (χ0v) is 20.7. The third-order valence-electron chi connectivity index (χ3n) is 3.76. The van der Waals surface area contributed by atoms with Gasteiger partial charge >= 0.3 is 5.97 Å². The van der Waals surface area contributed by atoms with Gasteiger partial charge in [-0.1, -0.05) is 19.8 Å². The summed E-state index contributed by atoms with van der Waals surface area (Å²) in [6, 6.07) is 0. The van der Waals surface area contributed by atoms with Gasteiger partial charge in [-0.2, -0.15) is 0 Å². The highest BCUT2D eigenvalue weighted by atomic mass is 16.6. The Hall–Kier alpha value is -0.810. The SMILES string of the molecule is CCCCCOCCOCCOCCOCCOCCOCCOCC(=O)OC(C)(C)C. The summed E-state index contributed by atoms with van der Waals surface area (Å²) >= 11 is 0. The maximum Gasteiger partial charge on any atom is 0.332 e. The first-order valence-corrected chi connectivity index (χ1v) is 11.7. The first-order chi connectivity index (χ1) is 15.5. The Kier molecular flexibility index (Phi) is 22.8. The predicted molar refractivity (Wildman–Crippen MR) is 121 cm³/mol. The first-order valence-electron chi connectivity index (χ1n) is 11.7. The lowest BCUT2D eigenvalue weighted by molar-refractivity contribution is -0.160. The van der Waals surface area contributed by atoms with E-state index in [1.54, 1.807) is 0 Å². The van der Waals surface area contributed by atoms with Crippen LogP contribution in [-0.4, -0.2) is 104 Å². The fourth-order valence-electron chi connectivity index (χ4n) is 2.30. The minimum absolute atomic E-state index is 0.0701. The number of rotatable bonds is 24. The van der Waals surface area contributed by atoms with Crippen LogP contribution in [0.4, 0.5) is 0 Å². The maximum absolute atomic E-state index is 11.4. The van der Waals surface area contributed by atoms with Gasteiger partial charge in [-0.05, 0) is 27.2 Å². The van der Waals surface area contributed by atoms with Crippen LogP contribution in [0.3, 0.4) is 0 Å². The fourth-order valence-corrected chi connectivity index (χ4v) is 2.30. The van der Waals surface area contributed by atoms with Crippen molar-refractivity contribution >= 4 is 5.97 Å². The van der Waals surface area contributed by atoms with Crippen molar-refractivity contribution in [3.63, 3.8) is 0 Å². The Bertz CT molecular complexity index is 399. The van der Waals surface area contributed by atoms with Crippen molar-refractivity contribution in [1.29, 1.82) is 0 Å². The number of esters is 1. The molecule has 9 nitrogen and oxygen atoms in total. The highest BCUT2D eigenvalue weighted by molar-refractivity contribution is 5.71. The molecule has 192 valence electrons. The molecular weight excluding hydrogens is 420 g/mol. The maximum atomic E-state index is 11.4. The van der Waals surface area contributed by atoms with E-state index in [9.17, 15) is 4.79 Å². The predicted octanol–water partition coefficient (Wildman–Crippen LogP) is 2.63. The van der Waals surface area contributed by atoms with Gasteiger partial charge in [0.05, 0.1) is 79.3 Å². The van der Waals surface area contributed by atoms with Crippen molar-refractivity contribution in [3.8, 4) is 0 Å². The number of hydrogen-bond acceptors (Lipinski definition) is 9. The van der Waals surface area contributed by atoms with E-state index in [1.807, 2.05) is 20.8 Å². The zero-order valence-electron chi connectivity index (χ0n) is 20.7. The van der Waals surface area contributed by atoms with Gasteiger partial charge in [-0.25, -0.2) is 4.79 Å². The molecule has 0 aliphatic rings. The molecule has 0 aromatic rings. The van der Waals surface area contributed by atoms with E-state index >= 15 is 0 Å². The molecule has 0 heterocycles. The molecule has 0 aliphatic heterocycles. The normalized spacial score (nSPS) is 11.8. The topological polar surface area (TPSA) is 90.9 Å². The standard InChI is InChI=1S/C23H46O9/c1-5-6-7-8-25-9-10-26-11-12-27-13-14-28-15-16-29-17-18-30-19-20-31-21-22(24)32-23(2,3)4/h5-21H2,1-4H3. The van der Waals surface area contributed by atoms with Crippen LogP contribution in [0.2, 0.25) is 0 Å². The summed E-state index contributed by atoms with van der Waals surface area (Å²) in [6.45, 7) is 14.5. The van der Waals surface area contributed by atoms with Crippen LogP contribution < -0.4 is 0 Å². The summed E-state index contributed by atoms with van der Waals surface area (Å²) < 4.78 is 42.8. The molecule has 0 fully saturated rings. The summed E-state index contributed by atoms with van der Waals surface area (Å²) in [5.74, 6) is -0.377. The van der Waals surface area contributed by atoms with Crippen LogP contribution >= 0.6 is 0 Å². The average molecular weight is 467 g/mol. The molecule has 0 aromatic heterocycles. The highest BCUT2D eigenvalue weighted by Gasteiger charge is 2.15. The molecule has 0 amide bonds. The summed E-state index contributed by atoms with van der Waals surface area (Å²) in [6.07, 6.45) is 3.54. The van der Waals surface area contributed by atoms with Crippen LogP contribution in [0.5, 0.6) is 0 Å². The number of unbranched alkanes of at least 4 members (excludes halogenated alkanes) is 2. The van der Waals surface area contributed by atoms with Crippen molar-refractivity contribution in [2.75, 3.05) is 92.5 Å². The molecule has 0 aromatic carbocycles. The minimum atomic E-state index is -0.497. The number of hydrogen-bond donors (Lipinski definition) is 0. The molecule has 0 N–H and O–H groups in total. The van der Waals surface area contributed by atoms with Gasteiger partial charge in [0.1, 0.15) is 12.2 Å². The summed E-state index contributed by atoms with van der Waals surface area (Å²) in [5.41, 5.74) is -0.497. The number of ether oxygens (including phenoxy) is 8. The van der Waals surface area contributed by atoms with E-state index in [-0.39, 0.29) is 12.6 Å². The quantitative estimate of drug-likeness (QED) is 0.157. The minimum Gasteiger partial charge on any atom is -0.458 e. The lowest BCUT2D eigenvalue weighted by Gasteiger charge is -2.19. The van der Waals surface area contributed by atoms with Gasteiger partial charge in [0.15, 0.2) is 0 Å². The molecule has 0 aliphatic carbocycles. The van der Waals surface area contributed by atoms with E-state index in [2.05, 4.69) is 6.92 Å². The van der Waals surface area contributed by atoms with E-state index in [0.29, 0.717) is 79.3 Å². The Morgan fingerprint density at radius 1 is 0.531 bits per heavy atom. The zero-order chi connectivity index (χ0) is 23.8. The van der Waals surface area contributed by atoms with Gasteiger partial charge < -0.3 is 37.9 Å². The molecule has 0 atom stereocenters. The second kappa shape index (κ2) is 23.4. The third-order valence-corrected chi connectivity index (χ3v) is 3.76. The van der Waals surface area contributed by atoms with Crippen LogP contribution in [0, 0.1) is 0 Å². The molecule has 0 spiro atoms. The van der Waals surface area contributed by atoms with Gasteiger partial charge in [-0.3, -0.25) is 0 Å². The second-order valence-corrected chi connectivity index (χ2v) is 8.02. The molecule has 0 unspecified atom stereocenters. The van der Waals surface area contributed by atoms with Crippen LogP contribution in [0.15, 0.2) is 0 Å². The second-order valence-electron chi connectivity index (χ2n) is 8.02. The molecule has 0 saturated carbocycles. The lowest BCUT2D eigenvalue weighted by atomic mass is 10.2. The monoisotopic (exact) mass is 466 g/mol. The fraction of sp³-hybridized carbons (Fsp3) is 0.957. The van der Waals surface area contributed by atoms with Crippen LogP contribution in [0.25, 0.3) is 0 Å². The largest absolute Gasteiger partial charge is 0.458 e. The van der Waals surface area contributed by atoms with Crippen molar-refractivity contribution in [2.24, 2.45) is 0 Å². The third kappa shape index (κ3) is 27.2. The Morgan fingerprint density at radius 2 is 0.875 bits per heavy atom. The Labute approximate surface area is 194 Å². The van der Waals surface area contributed by atoms with Crippen molar-refractivity contribution in [1.82, 2.24) is 0 Å². The molecule has 0 saturated heterocycles. The molecule has 9 heteroatoms. The smallest absolute Gasteiger partial charge is 0.332 e. The summed E-state index contributed by atoms with van der Waals surface area (Å²) in [4.78, 5) is 11.4. The van der Waals surface area contributed by atoms with Crippen LogP contribution in [-0.2, 0) is 42.7 Å². The number of carbonyl (C=O) groups excluding carboxylic acids is 1. The van der Waals surface area contributed by atoms with Crippen molar-refractivity contribution < 1.29 is 42.7 Å². The van der Waals surface area contributed by atoms with Gasteiger partial charge in [0, 0.05) is 6.61 Å². The van der Waals surface area contributed by atoms with Gasteiger partial charge in [-0.15, -0.1) is 0 Å². The van der Waals surface area contributed by atoms with Crippen molar-refractivity contribution in [3.05, 3.63) is 0 Å². The summed E-state index contributed by atoms with van der Waals surface area (Å²) in [7, 11) is 0. The highest BCUT2D eigenvalue weighted by Crippen LogP contribution is 2.06. The van der Waals surface area contributed by atoms with Gasteiger partial charge in [0.2, 0.25) is 0 Å². The summed E-state index contributed by atoms with van der Waals surface area (Å²) in [5, 5.41) is 0. The molecular formula is C23H46O9. The Morgan fingerprint density at radius 3 is 1.22 bits per heavy atom. The van der Waals surface area contributed by atoms with Gasteiger partial charge in [0.25, 0.3) is 0 Å². The van der Waals surface area contributed by atoms with Crippen LogP contribution in [0.1, 0.15) is 47.0 Å². The van der Waals surface area contributed by atoms with E-state index in [0.717, 1.165) is 13.0 Å². The van der Waals surface area contributed by atoms with E-state index < -0.39 is 5.60 Å².